The molecule has 0 heterocycles. The van der Waals surface area contributed by atoms with Crippen LogP contribution in [-0.2, 0) is 4.43 Å². The minimum absolute atomic E-state index is 0.0223. The normalized spacial score (nSPS) is 14.2. The molecule has 1 amide bonds. The van der Waals surface area contributed by atoms with E-state index in [0.717, 1.165) is 0 Å². The molecule has 0 unspecified atom stereocenters. The lowest BCUT2D eigenvalue weighted by atomic mass is 10.2. The van der Waals surface area contributed by atoms with Crippen LogP contribution >= 0.6 is 0 Å². The van der Waals surface area contributed by atoms with Gasteiger partial charge in [-0.2, -0.15) is 0 Å². The van der Waals surface area contributed by atoms with Gasteiger partial charge in [0.15, 0.2) is 8.32 Å². The molecule has 0 saturated carbocycles. The quantitative estimate of drug-likeness (QED) is 0.664. The number of carbonyl (C=O) groups is 1. The fourth-order valence-corrected chi connectivity index (χ4v) is 4.85. The summed E-state index contributed by atoms with van der Waals surface area (Å²) >= 11 is 0. The molecule has 0 aliphatic heterocycles. The fraction of sp³-hybridized carbons (Fsp3) is 0.650. The first-order chi connectivity index (χ1) is 11.8. The van der Waals surface area contributed by atoms with E-state index in [-0.39, 0.29) is 23.6 Å². The highest BCUT2D eigenvalue weighted by Crippen LogP contribution is 2.36. The van der Waals surface area contributed by atoms with Gasteiger partial charge < -0.3 is 14.4 Å². The van der Waals surface area contributed by atoms with E-state index in [1.165, 1.54) is 0 Å². The van der Waals surface area contributed by atoms with Crippen molar-refractivity contribution in [1.29, 1.82) is 0 Å². The van der Waals surface area contributed by atoms with Gasteiger partial charge in [0, 0.05) is 11.7 Å². The highest BCUT2D eigenvalue weighted by molar-refractivity contribution is 6.76. The third-order valence-electron chi connectivity index (χ3n) is 5.02. The number of aliphatic hydroxyl groups is 1. The lowest BCUT2D eigenvalue weighted by Crippen LogP contribution is -2.53. The smallest absolute Gasteiger partial charge is 0.253 e. The largest absolute Gasteiger partial charge is 0.415 e. The van der Waals surface area contributed by atoms with E-state index < -0.39 is 16.4 Å². The molecule has 1 aromatic rings. The molecule has 0 radical (unpaired) electrons. The van der Waals surface area contributed by atoms with Crippen LogP contribution in [0.4, 0.5) is 0 Å². The van der Waals surface area contributed by atoms with E-state index in [1.807, 2.05) is 35.2 Å². The summed E-state index contributed by atoms with van der Waals surface area (Å²) in [6.07, 6.45) is 0.701. The van der Waals surface area contributed by atoms with Crippen molar-refractivity contribution in [1.82, 2.24) is 4.90 Å². The van der Waals surface area contributed by atoms with Crippen molar-refractivity contribution in [2.45, 2.75) is 64.6 Å². The van der Waals surface area contributed by atoms with Crippen LogP contribution in [0.1, 0.15) is 31.1 Å². The predicted molar refractivity (Wildman–Crippen MR) is 115 cm³/mol. The summed E-state index contributed by atoms with van der Waals surface area (Å²) < 4.78 is 6.33. The molecular formula is C20H37NO3Si2. The SMILES string of the molecule is CC(C)(C)[Si](C)(C)OC[C@H](CO)N(C[Si](C)(C)C)C(=O)c1ccccc1. The Morgan fingerprint density at radius 1 is 1.12 bits per heavy atom. The van der Waals surface area contributed by atoms with Gasteiger partial charge in [-0.3, -0.25) is 4.79 Å². The molecule has 1 rings (SSSR count). The summed E-state index contributed by atoms with van der Waals surface area (Å²) in [7, 11) is -3.50. The lowest BCUT2D eigenvalue weighted by molar-refractivity contribution is 0.0526. The zero-order valence-electron chi connectivity index (χ0n) is 17.8. The van der Waals surface area contributed by atoms with Gasteiger partial charge in [-0.05, 0) is 30.3 Å². The molecule has 6 heteroatoms. The van der Waals surface area contributed by atoms with Gasteiger partial charge in [0.1, 0.15) is 0 Å². The topological polar surface area (TPSA) is 49.8 Å². The lowest BCUT2D eigenvalue weighted by Gasteiger charge is -2.40. The van der Waals surface area contributed by atoms with Crippen molar-refractivity contribution >= 4 is 22.3 Å². The fourth-order valence-electron chi connectivity index (χ4n) is 2.39. The third-order valence-corrected chi connectivity index (χ3v) is 10.8. The molecule has 0 aliphatic carbocycles. The van der Waals surface area contributed by atoms with E-state index in [1.54, 1.807) is 0 Å². The summed E-state index contributed by atoms with van der Waals surface area (Å²) in [6, 6.07) is 9.01. The van der Waals surface area contributed by atoms with Crippen molar-refractivity contribution < 1.29 is 14.3 Å². The molecule has 1 atom stereocenters. The number of hydrogen-bond donors (Lipinski definition) is 1. The van der Waals surface area contributed by atoms with E-state index in [0.29, 0.717) is 18.3 Å². The Balaban J connectivity index is 3.05. The summed E-state index contributed by atoms with van der Waals surface area (Å²) in [5.41, 5.74) is 0.663. The first-order valence-electron chi connectivity index (χ1n) is 9.39. The predicted octanol–water partition coefficient (Wildman–Crippen LogP) is 4.39. The Kier molecular flexibility index (Phi) is 7.83. The Morgan fingerprint density at radius 2 is 1.65 bits per heavy atom. The minimum Gasteiger partial charge on any atom is -0.415 e. The zero-order chi connectivity index (χ0) is 20.2. The van der Waals surface area contributed by atoms with Crippen LogP contribution in [0.3, 0.4) is 0 Å². The van der Waals surface area contributed by atoms with Crippen LogP contribution in [0, 0.1) is 0 Å². The average molecular weight is 396 g/mol. The standard InChI is InChI=1S/C20H37NO3Si2/c1-20(2,3)26(7,8)24-15-18(14-22)21(16-25(4,5)6)19(23)17-12-10-9-11-13-17/h9-13,18,22H,14-16H2,1-8H3/t18-/m0/s1. The highest BCUT2D eigenvalue weighted by Gasteiger charge is 2.39. The maximum atomic E-state index is 13.1. The molecule has 148 valence electrons. The summed E-state index contributed by atoms with van der Waals surface area (Å²) in [5.74, 6) is -0.0223. The molecule has 0 aromatic heterocycles. The molecule has 0 spiro atoms. The molecule has 1 N–H and O–H groups in total. The molecule has 1 aromatic carbocycles. The molecule has 0 fully saturated rings. The number of carbonyl (C=O) groups excluding carboxylic acids is 1. The van der Waals surface area contributed by atoms with Gasteiger partial charge in [0.05, 0.1) is 27.3 Å². The average Bonchev–Trinajstić information content (AvgIpc) is 2.52. The van der Waals surface area contributed by atoms with Gasteiger partial charge >= 0.3 is 0 Å². The summed E-state index contributed by atoms with van der Waals surface area (Å²) in [6.45, 7) is 18.0. The van der Waals surface area contributed by atoms with Crippen molar-refractivity contribution in [3.05, 3.63) is 35.9 Å². The Bertz CT molecular complexity index is 577. The van der Waals surface area contributed by atoms with Crippen molar-refractivity contribution in [3.63, 3.8) is 0 Å². The second kappa shape index (κ2) is 8.82. The molecular weight excluding hydrogens is 358 g/mol. The molecule has 26 heavy (non-hydrogen) atoms. The van der Waals surface area contributed by atoms with Gasteiger partial charge in [0.25, 0.3) is 5.91 Å². The van der Waals surface area contributed by atoms with Crippen LogP contribution in [-0.4, -0.2) is 57.7 Å². The minimum atomic E-state index is -1.94. The van der Waals surface area contributed by atoms with Crippen LogP contribution in [0.15, 0.2) is 30.3 Å². The molecule has 0 bridgehead atoms. The van der Waals surface area contributed by atoms with Crippen LogP contribution in [0.25, 0.3) is 0 Å². The Labute approximate surface area is 161 Å². The molecule has 4 nitrogen and oxygen atoms in total. The number of benzene rings is 1. The van der Waals surface area contributed by atoms with Crippen LogP contribution < -0.4 is 0 Å². The number of aliphatic hydroxyl groups excluding tert-OH is 1. The van der Waals surface area contributed by atoms with Crippen molar-refractivity contribution in [2.24, 2.45) is 0 Å². The Morgan fingerprint density at radius 3 is 2.08 bits per heavy atom. The first-order valence-corrected chi connectivity index (χ1v) is 16.0. The number of amides is 1. The van der Waals surface area contributed by atoms with Gasteiger partial charge in [-0.15, -0.1) is 0 Å². The third kappa shape index (κ3) is 6.65. The second-order valence-electron chi connectivity index (χ2n) is 9.77. The van der Waals surface area contributed by atoms with E-state index in [9.17, 15) is 9.90 Å². The number of nitrogens with zero attached hydrogens (tertiary/aromatic N) is 1. The summed E-state index contributed by atoms with van der Waals surface area (Å²) in [5, 5.41) is 10.1. The van der Waals surface area contributed by atoms with E-state index in [4.69, 9.17) is 4.43 Å². The van der Waals surface area contributed by atoms with Crippen molar-refractivity contribution in [2.75, 3.05) is 19.4 Å². The monoisotopic (exact) mass is 395 g/mol. The van der Waals surface area contributed by atoms with E-state index >= 15 is 0 Å². The van der Waals surface area contributed by atoms with Crippen LogP contribution in [0.2, 0.25) is 37.8 Å². The van der Waals surface area contributed by atoms with Gasteiger partial charge in [-0.1, -0.05) is 58.6 Å². The van der Waals surface area contributed by atoms with Gasteiger partial charge in [-0.25, -0.2) is 0 Å². The second-order valence-corrected chi connectivity index (χ2v) is 20.0. The molecule has 0 aliphatic rings. The Hall–Kier alpha value is -0.956. The maximum absolute atomic E-state index is 13.1. The highest BCUT2D eigenvalue weighted by atomic mass is 28.4. The van der Waals surface area contributed by atoms with Crippen LogP contribution in [0.5, 0.6) is 0 Å². The number of rotatable bonds is 8. The number of hydrogen-bond acceptors (Lipinski definition) is 3. The van der Waals surface area contributed by atoms with E-state index in [2.05, 4.69) is 53.5 Å². The van der Waals surface area contributed by atoms with Gasteiger partial charge in [0.2, 0.25) is 0 Å². The first kappa shape index (κ1) is 23.1. The molecule has 0 saturated heterocycles. The maximum Gasteiger partial charge on any atom is 0.253 e. The van der Waals surface area contributed by atoms with Crippen molar-refractivity contribution in [3.8, 4) is 0 Å². The summed E-state index contributed by atoms with van der Waals surface area (Å²) in [4.78, 5) is 15.0. The zero-order valence-corrected chi connectivity index (χ0v) is 19.8.